The Bertz CT molecular complexity index is 1130. The van der Waals surface area contributed by atoms with Crippen molar-refractivity contribution >= 4 is 50.7 Å². The number of methoxy groups -OCH3 is 1. The summed E-state index contributed by atoms with van der Waals surface area (Å²) in [5, 5.41) is 3.23. The quantitative estimate of drug-likeness (QED) is 0.434. The van der Waals surface area contributed by atoms with E-state index in [0.29, 0.717) is 18.7 Å². The first-order chi connectivity index (χ1) is 16.5. The summed E-state index contributed by atoms with van der Waals surface area (Å²) in [7, 11) is -2.36. The predicted molar refractivity (Wildman–Crippen MR) is 140 cm³/mol. The van der Waals surface area contributed by atoms with E-state index in [1.165, 1.54) is 23.1 Å². The fourth-order valence-corrected chi connectivity index (χ4v) is 4.77. The number of nitrogens with one attached hydrogen (secondary N) is 1. The molecule has 35 heavy (non-hydrogen) atoms. The van der Waals surface area contributed by atoms with E-state index in [2.05, 4.69) is 5.32 Å². The highest BCUT2D eigenvalue weighted by Crippen LogP contribution is 2.31. The standard InChI is InChI=1S/C24H31Cl2N3O5S/c1-5-13-27-24(31)21(6-2)28(15-17-7-10-19(34-3)11-8-17)23(30)16-29(35(4,32)33)22-14-18(25)9-12-20(22)26/h7-12,14,21H,5-6,13,15-16H2,1-4H3,(H,27,31)/t21-/m0/s1. The van der Waals surface area contributed by atoms with Crippen LogP contribution in [0.3, 0.4) is 0 Å². The van der Waals surface area contributed by atoms with Crippen LogP contribution in [0, 0.1) is 0 Å². The number of nitrogens with zero attached hydrogens (tertiary/aromatic N) is 2. The van der Waals surface area contributed by atoms with Crippen LogP contribution in [0.1, 0.15) is 32.3 Å². The second-order valence-electron chi connectivity index (χ2n) is 7.95. The Morgan fingerprint density at radius 2 is 1.74 bits per heavy atom. The van der Waals surface area contributed by atoms with Gasteiger partial charge in [0.15, 0.2) is 0 Å². The Labute approximate surface area is 217 Å². The van der Waals surface area contributed by atoms with E-state index >= 15 is 0 Å². The lowest BCUT2D eigenvalue weighted by molar-refractivity contribution is -0.140. The number of hydrogen-bond acceptors (Lipinski definition) is 5. The molecule has 0 aliphatic rings. The molecule has 2 aromatic rings. The normalized spacial score (nSPS) is 12.1. The Balaban J connectivity index is 2.46. The van der Waals surface area contributed by atoms with Gasteiger partial charge in [0.2, 0.25) is 21.8 Å². The van der Waals surface area contributed by atoms with Gasteiger partial charge in [0.1, 0.15) is 18.3 Å². The average molecular weight is 545 g/mol. The first kappa shape index (κ1) is 28.7. The molecule has 0 saturated carbocycles. The SMILES string of the molecule is CCCNC(=O)[C@H](CC)N(Cc1ccc(OC)cc1)C(=O)CN(c1cc(Cl)ccc1Cl)S(C)(=O)=O. The smallest absolute Gasteiger partial charge is 0.244 e. The lowest BCUT2D eigenvalue weighted by Crippen LogP contribution is -2.52. The number of carbonyl (C=O) groups excluding carboxylic acids is 2. The number of rotatable bonds is 12. The van der Waals surface area contributed by atoms with Gasteiger partial charge in [-0.1, -0.05) is 49.2 Å². The van der Waals surface area contributed by atoms with Gasteiger partial charge in [0.25, 0.3) is 0 Å². The van der Waals surface area contributed by atoms with E-state index in [4.69, 9.17) is 27.9 Å². The molecular weight excluding hydrogens is 513 g/mol. The molecule has 2 amide bonds. The zero-order chi connectivity index (χ0) is 26.2. The Morgan fingerprint density at radius 3 is 2.29 bits per heavy atom. The van der Waals surface area contributed by atoms with Gasteiger partial charge in [-0.05, 0) is 48.7 Å². The molecule has 1 N–H and O–H groups in total. The Kier molecular flexibility index (Phi) is 10.7. The summed E-state index contributed by atoms with van der Waals surface area (Å²) in [6.07, 6.45) is 2.06. The molecule has 0 bridgehead atoms. The molecule has 0 radical (unpaired) electrons. The van der Waals surface area contributed by atoms with E-state index in [-0.39, 0.29) is 28.2 Å². The second kappa shape index (κ2) is 13.0. The summed E-state index contributed by atoms with van der Waals surface area (Å²) in [6, 6.07) is 10.7. The van der Waals surface area contributed by atoms with Crippen LogP contribution in [0.4, 0.5) is 5.69 Å². The molecule has 0 unspecified atom stereocenters. The molecular formula is C24H31Cl2N3O5S. The van der Waals surface area contributed by atoms with Gasteiger partial charge in [-0.2, -0.15) is 0 Å². The average Bonchev–Trinajstić information content (AvgIpc) is 2.82. The maximum Gasteiger partial charge on any atom is 0.244 e. The lowest BCUT2D eigenvalue weighted by atomic mass is 10.1. The number of halogens is 2. The van der Waals surface area contributed by atoms with Gasteiger partial charge >= 0.3 is 0 Å². The largest absolute Gasteiger partial charge is 0.497 e. The van der Waals surface area contributed by atoms with Crippen molar-refractivity contribution in [2.45, 2.75) is 39.3 Å². The highest BCUT2D eigenvalue weighted by molar-refractivity contribution is 7.92. The zero-order valence-corrected chi connectivity index (χ0v) is 22.6. The summed E-state index contributed by atoms with van der Waals surface area (Å²) in [5.41, 5.74) is 0.843. The van der Waals surface area contributed by atoms with Crippen molar-refractivity contribution < 1.29 is 22.7 Å². The molecule has 11 heteroatoms. The van der Waals surface area contributed by atoms with Crippen molar-refractivity contribution in [1.82, 2.24) is 10.2 Å². The fourth-order valence-electron chi connectivity index (χ4n) is 3.48. The highest BCUT2D eigenvalue weighted by atomic mass is 35.5. The van der Waals surface area contributed by atoms with Gasteiger partial charge in [0.05, 0.1) is 24.1 Å². The molecule has 0 fully saturated rings. The van der Waals surface area contributed by atoms with Gasteiger partial charge in [-0.3, -0.25) is 13.9 Å². The Hall–Kier alpha value is -2.49. The highest BCUT2D eigenvalue weighted by Gasteiger charge is 2.32. The van der Waals surface area contributed by atoms with E-state index in [9.17, 15) is 18.0 Å². The third kappa shape index (κ3) is 8.02. The molecule has 8 nitrogen and oxygen atoms in total. The first-order valence-electron chi connectivity index (χ1n) is 11.1. The summed E-state index contributed by atoms with van der Waals surface area (Å²) in [6.45, 7) is 3.74. The van der Waals surface area contributed by atoms with Gasteiger partial charge in [-0.15, -0.1) is 0 Å². The van der Waals surface area contributed by atoms with Crippen molar-refractivity contribution in [1.29, 1.82) is 0 Å². The molecule has 0 spiro atoms. The van der Waals surface area contributed by atoms with Crippen LogP contribution in [-0.4, -0.2) is 57.6 Å². The van der Waals surface area contributed by atoms with Crippen molar-refractivity contribution in [3.63, 3.8) is 0 Å². The molecule has 0 aromatic heterocycles. The van der Waals surface area contributed by atoms with Crippen molar-refractivity contribution in [3.8, 4) is 5.75 Å². The summed E-state index contributed by atoms with van der Waals surface area (Å²) in [5.74, 6) is -0.207. The minimum absolute atomic E-state index is 0.0860. The van der Waals surface area contributed by atoms with Gasteiger partial charge in [0, 0.05) is 18.1 Å². The van der Waals surface area contributed by atoms with Crippen LogP contribution in [0.25, 0.3) is 0 Å². The minimum Gasteiger partial charge on any atom is -0.497 e. The van der Waals surface area contributed by atoms with Crippen molar-refractivity contribution in [2.75, 3.05) is 30.8 Å². The molecule has 2 aromatic carbocycles. The third-order valence-electron chi connectivity index (χ3n) is 5.30. The summed E-state index contributed by atoms with van der Waals surface area (Å²) < 4.78 is 31.4. The lowest BCUT2D eigenvalue weighted by Gasteiger charge is -2.33. The monoisotopic (exact) mass is 543 g/mol. The van der Waals surface area contributed by atoms with Crippen LogP contribution in [-0.2, 0) is 26.2 Å². The molecule has 0 aliphatic carbocycles. The van der Waals surface area contributed by atoms with E-state index in [1.54, 1.807) is 38.3 Å². The number of anilines is 1. The zero-order valence-electron chi connectivity index (χ0n) is 20.3. The predicted octanol–water partition coefficient (Wildman–Crippen LogP) is 4.10. The number of ether oxygens (including phenoxy) is 1. The molecule has 192 valence electrons. The van der Waals surface area contributed by atoms with Crippen molar-refractivity contribution in [2.24, 2.45) is 0 Å². The van der Waals surface area contributed by atoms with Crippen LogP contribution in [0.5, 0.6) is 5.75 Å². The summed E-state index contributed by atoms with van der Waals surface area (Å²) >= 11 is 12.3. The number of amides is 2. The molecule has 0 aliphatic heterocycles. The molecule has 0 saturated heterocycles. The molecule has 1 atom stereocenters. The number of carbonyl (C=O) groups is 2. The number of benzene rings is 2. The van der Waals surface area contributed by atoms with Crippen LogP contribution < -0.4 is 14.4 Å². The maximum absolute atomic E-state index is 13.6. The number of hydrogen-bond donors (Lipinski definition) is 1. The van der Waals surface area contributed by atoms with E-state index < -0.39 is 28.5 Å². The van der Waals surface area contributed by atoms with E-state index in [1.807, 2.05) is 6.92 Å². The minimum atomic E-state index is -3.91. The topological polar surface area (TPSA) is 96.0 Å². The van der Waals surface area contributed by atoms with Crippen LogP contribution in [0.15, 0.2) is 42.5 Å². The third-order valence-corrected chi connectivity index (χ3v) is 6.98. The fraction of sp³-hybridized carbons (Fsp3) is 0.417. The van der Waals surface area contributed by atoms with Crippen LogP contribution >= 0.6 is 23.2 Å². The number of sulfonamides is 1. The summed E-state index contributed by atoms with van der Waals surface area (Å²) in [4.78, 5) is 27.9. The van der Waals surface area contributed by atoms with Crippen molar-refractivity contribution in [3.05, 3.63) is 58.1 Å². The van der Waals surface area contributed by atoms with Crippen LogP contribution in [0.2, 0.25) is 10.0 Å². The van der Waals surface area contributed by atoms with E-state index in [0.717, 1.165) is 22.5 Å². The van der Waals surface area contributed by atoms with Gasteiger partial charge in [-0.25, -0.2) is 8.42 Å². The maximum atomic E-state index is 13.6. The molecule has 2 rings (SSSR count). The molecule has 0 heterocycles. The second-order valence-corrected chi connectivity index (χ2v) is 10.7. The van der Waals surface area contributed by atoms with Gasteiger partial charge < -0.3 is 15.0 Å². The first-order valence-corrected chi connectivity index (χ1v) is 13.7. The Morgan fingerprint density at radius 1 is 1.09 bits per heavy atom.